The van der Waals surface area contributed by atoms with Gasteiger partial charge in [0.15, 0.2) is 0 Å². The Morgan fingerprint density at radius 1 is 1.48 bits per heavy atom. The van der Waals surface area contributed by atoms with Gasteiger partial charge >= 0.3 is 0 Å². The quantitative estimate of drug-likeness (QED) is 0.803. The molecule has 116 valence electrons. The topological polar surface area (TPSA) is 53.6 Å². The number of carbonyl (C=O) groups is 1. The molecule has 1 heterocycles. The molecule has 0 saturated carbocycles. The van der Waals surface area contributed by atoms with Crippen molar-refractivity contribution in [3.8, 4) is 5.75 Å². The van der Waals surface area contributed by atoms with Crippen LogP contribution in [0.1, 0.15) is 19.8 Å². The number of carbonyl (C=O) groups excluding carboxylic acids is 1. The van der Waals surface area contributed by atoms with Crippen LogP contribution in [0, 0.1) is 0 Å². The van der Waals surface area contributed by atoms with E-state index >= 15 is 0 Å². The smallest absolute Gasteiger partial charge is 0.238 e. The summed E-state index contributed by atoms with van der Waals surface area (Å²) in [4.78, 5) is 14.6. The lowest BCUT2D eigenvalue weighted by Crippen LogP contribution is -2.42. The monoisotopic (exact) mass is 291 g/mol. The van der Waals surface area contributed by atoms with E-state index in [4.69, 9.17) is 4.74 Å². The number of para-hydroxylation sites is 2. The second-order valence-corrected chi connectivity index (χ2v) is 5.37. The molecule has 0 aliphatic carbocycles. The second-order valence-electron chi connectivity index (χ2n) is 5.37. The van der Waals surface area contributed by atoms with Gasteiger partial charge in [-0.15, -0.1) is 0 Å². The minimum absolute atomic E-state index is 0.0137. The SMILES string of the molecule is CCCN(CC(=O)Nc1ccccc1OC)C1CCNC1. The molecular weight excluding hydrogens is 266 g/mol. The maximum Gasteiger partial charge on any atom is 0.238 e. The summed E-state index contributed by atoms with van der Waals surface area (Å²) in [6.45, 7) is 5.54. The van der Waals surface area contributed by atoms with E-state index in [-0.39, 0.29) is 5.91 Å². The first kappa shape index (κ1) is 15.8. The normalized spacial score (nSPS) is 18.0. The third kappa shape index (κ3) is 4.44. The van der Waals surface area contributed by atoms with Crippen LogP contribution in [0.2, 0.25) is 0 Å². The molecule has 0 bridgehead atoms. The number of ether oxygens (including phenoxy) is 1. The summed E-state index contributed by atoms with van der Waals surface area (Å²) in [6.07, 6.45) is 2.17. The minimum Gasteiger partial charge on any atom is -0.495 e. The molecule has 0 radical (unpaired) electrons. The maximum absolute atomic E-state index is 12.3. The first-order chi connectivity index (χ1) is 10.2. The average molecular weight is 291 g/mol. The molecular formula is C16H25N3O2. The number of hydrogen-bond donors (Lipinski definition) is 2. The predicted molar refractivity (Wildman–Crippen MR) is 84.8 cm³/mol. The molecule has 1 fully saturated rings. The lowest BCUT2D eigenvalue weighted by Gasteiger charge is -2.27. The van der Waals surface area contributed by atoms with Crippen LogP contribution in [0.3, 0.4) is 0 Å². The Morgan fingerprint density at radius 2 is 2.29 bits per heavy atom. The highest BCUT2D eigenvalue weighted by Crippen LogP contribution is 2.23. The van der Waals surface area contributed by atoms with Crippen LogP contribution in [0.25, 0.3) is 0 Å². The van der Waals surface area contributed by atoms with E-state index in [2.05, 4.69) is 22.5 Å². The number of benzene rings is 1. The van der Waals surface area contributed by atoms with E-state index in [0.717, 1.165) is 38.2 Å². The van der Waals surface area contributed by atoms with Crippen molar-refractivity contribution in [3.05, 3.63) is 24.3 Å². The van der Waals surface area contributed by atoms with Gasteiger partial charge in [0.25, 0.3) is 0 Å². The molecule has 1 aromatic rings. The van der Waals surface area contributed by atoms with E-state index in [9.17, 15) is 4.79 Å². The van der Waals surface area contributed by atoms with Crippen molar-refractivity contribution in [2.75, 3.05) is 38.6 Å². The summed E-state index contributed by atoms with van der Waals surface area (Å²) in [5.41, 5.74) is 0.728. The summed E-state index contributed by atoms with van der Waals surface area (Å²) in [5, 5.41) is 6.31. The Hall–Kier alpha value is -1.59. The Kier molecular flexibility index (Phi) is 6.02. The summed E-state index contributed by atoms with van der Waals surface area (Å²) in [5.74, 6) is 0.704. The molecule has 1 amide bonds. The summed E-state index contributed by atoms with van der Waals surface area (Å²) < 4.78 is 5.26. The number of nitrogens with zero attached hydrogens (tertiary/aromatic N) is 1. The summed E-state index contributed by atoms with van der Waals surface area (Å²) in [7, 11) is 1.61. The van der Waals surface area contributed by atoms with Crippen LogP contribution in [-0.4, -0.2) is 50.1 Å². The lowest BCUT2D eigenvalue weighted by atomic mass is 10.2. The summed E-state index contributed by atoms with van der Waals surface area (Å²) in [6, 6.07) is 7.96. The van der Waals surface area contributed by atoms with Crippen LogP contribution < -0.4 is 15.4 Å². The highest BCUT2D eigenvalue weighted by Gasteiger charge is 2.23. The van der Waals surface area contributed by atoms with Crippen molar-refractivity contribution in [3.63, 3.8) is 0 Å². The Bertz CT molecular complexity index is 459. The first-order valence-electron chi connectivity index (χ1n) is 7.62. The van der Waals surface area contributed by atoms with Crippen molar-refractivity contribution >= 4 is 11.6 Å². The first-order valence-corrected chi connectivity index (χ1v) is 7.62. The van der Waals surface area contributed by atoms with Crippen molar-refractivity contribution in [1.82, 2.24) is 10.2 Å². The highest BCUT2D eigenvalue weighted by atomic mass is 16.5. The van der Waals surface area contributed by atoms with Gasteiger partial charge < -0.3 is 15.4 Å². The van der Waals surface area contributed by atoms with Crippen LogP contribution in [0.4, 0.5) is 5.69 Å². The van der Waals surface area contributed by atoms with E-state index in [1.54, 1.807) is 7.11 Å². The average Bonchev–Trinajstić information content (AvgIpc) is 3.01. The van der Waals surface area contributed by atoms with E-state index in [1.807, 2.05) is 24.3 Å². The van der Waals surface area contributed by atoms with Gasteiger partial charge in [-0.25, -0.2) is 0 Å². The Balaban J connectivity index is 1.95. The fraction of sp³-hybridized carbons (Fsp3) is 0.562. The van der Waals surface area contributed by atoms with Gasteiger partial charge in [0.1, 0.15) is 5.75 Å². The molecule has 21 heavy (non-hydrogen) atoms. The van der Waals surface area contributed by atoms with Crippen molar-refractivity contribution in [2.24, 2.45) is 0 Å². The van der Waals surface area contributed by atoms with Gasteiger partial charge in [0.2, 0.25) is 5.91 Å². The fourth-order valence-corrected chi connectivity index (χ4v) is 2.75. The van der Waals surface area contributed by atoms with Crippen molar-refractivity contribution in [2.45, 2.75) is 25.8 Å². The van der Waals surface area contributed by atoms with Gasteiger partial charge in [-0.2, -0.15) is 0 Å². The van der Waals surface area contributed by atoms with Gasteiger partial charge in [-0.05, 0) is 38.1 Å². The number of rotatable bonds is 7. The molecule has 5 heteroatoms. The largest absolute Gasteiger partial charge is 0.495 e. The van der Waals surface area contributed by atoms with E-state index in [1.165, 1.54) is 0 Å². The number of anilines is 1. The van der Waals surface area contributed by atoms with Gasteiger partial charge in [-0.1, -0.05) is 19.1 Å². The van der Waals surface area contributed by atoms with Crippen molar-refractivity contribution < 1.29 is 9.53 Å². The standard InChI is InChI=1S/C16H25N3O2/c1-3-10-19(13-8-9-17-11-13)12-16(20)18-14-6-4-5-7-15(14)21-2/h4-7,13,17H,3,8-12H2,1-2H3,(H,18,20). The number of hydrogen-bond acceptors (Lipinski definition) is 4. The number of nitrogens with one attached hydrogen (secondary N) is 2. The molecule has 1 aliphatic rings. The number of methoxy groups -OCH3 is 1. The molecule has 1 aromatic carbocycles. The Labute approximate surface area is 126 Å². The third-order valence-corrected chi connectivity index (χ3v) is 3.79. The van der Waals surface area contributed by atoms with Crippen LogP contribution >= 0.6 is 0 Å². The van der Waals surface area contributed by atoms with Crippen LogP contribution in [0.5, 0.6) is 5.75 Å². The molecule has 0 aromatic heterocycles. The summed E-state index contributed by atoms with van der Waals surface area (Å²) >= 11 is 0. The molecule has 1 aliphatic heterocycles. The maximum atomic E-state index is 12.3. The van der Waals surface area contributed by atoms with E-state index < -0.39 is 0 Å². The molecule has 1 atom stereocenters. The molecule has 2 rings (SSSR count). The Morgan fingerprint density at radius 3 is 2.95 bits per heavy atom. The zero-order valence-corrected chi connectivity index (χ0v) is 12.9. The molecule has 5 nitrogen and oxygen atoms in total. The van der Waals surface area contributed by atoms with Gasteiger partial charge in [-0.3, -0.25) is 9.69 Å². The van der Waals surface area contributed by atoms with Gasteiger partial charge in [0, 0.05) is 12.6 Å². The second kappa shape index (κ2) is 8.00. The lowest BCUT2D eigenvalue weighted by molar-refractivity contribution is -0.117. The third-order valence-electron chi connectivity index (χ3n) is 3.79. The number of amides is 1. The predicted octanol–water partition coefficient (Wildman–Crippen LogP) is 1.71. The fourth-order valence-electron chi connectivity index (χ4n) is 2.75. The van der Waals surface area contributed by atoms with Crippen molar-refractivity contribution in [1.29, 1.82) is 0 Å². The zero-order valence-electron chi connectivity index (χ0n) is 12.9. The minimum atomic E-state index is 0.0137. The van der Waals surface area contributed by atoms with E-state index in [0.29, 0.717) is 18.3 Å². The molecule has 1 unspecified atom stereocenters. The highest BCUT2D eigenvalue weighted by molar-refractivity contribution is 5.93. The van der Waals surface area contributed by atoms with Crippen LogP contribution in [-0.2, 0) is 4.79 Å². The molecule has 1 saturated heterocycles. The zero-order chi connectivity index (χ0) is 15.1. The van der Waals surface area contributed by atoms with Crippen LogP contribution in [0.15, 0.2) is 24.3 Å². The van der Waals surface area contributed by atoms with Gasteiger partial charge in [0.05, 0.1) is 19.3 Å². The molecule has 2 N–H and O–H groups in total. The molecule has 0 spiro atoms.